The Morgan fingerprint density at radius 3 is 2.38 bits per heavy atom. The van der Waals surface area contributed by atoms with Crippen molar-refractivity contribution in [1.82, 2.24) is 9.88 Å². The third kappa shape index (κ3) is 4.24. The number of methoxy groups -OCH3 is 1. The summed E-state index contributed by atoms with van der Waals surface area (Å²) >= 11 is 0. The van der Waals surface area contributed by atoms with Gasteiger partial charge < -0.3 is 14.7 Å². The zero-order valence-corrected chi connectivity index (χ0v) is 18.9. The van der Waals surface area contributed by atoms with Gasteiger partial charge in [-0.15, -0.1) is 0 Å². The van der Waals surface area contributed by atoms with Crippen LogP contribution in [0.2, 0.25) is 0 Å². The maximum Gasteiger partial charge on any atom is 0.216 e. The van der Waals surface area contributed by atoms with E-state index in [1.807, 2.05) is 62.6 Å². The van der Waals surface area contributed by atoms with Gasteiger partial charge in [-0.2, -0.15) is 0 Å². The molecule has 0 saturated carbocycles. The van der Waals surface area contributed by atoms with E-state index in [0.717, 1.165) is 34.0 Å². The van der Waals surface area contributed by atoms with Gasteiger partial charge in [-0.05, 0) is 48.5 Å². The zero-order valence-electron chi connectivity index (χ0n) is 18.9. The maximum atomic E-state index is 12.7. The van der Waals surface area contributed by atoms with Crippen molar-refractivity contribution in [2.24, 2.45) is 0 Å². The molecule has 0 spiro atoms. The van der Waals surface area contributed by atoms with E-state index in [2.05, 4.69) is 46.3 Å². The molecule has 4 nitrogen and oxygen atoms in total. The van der Waals surface area contributed by atoms with Crippen molar-refractivity contribution >= 4 is 10.8 Å². The average molecular weight is 427 g/mol. The molecular weight excluding hydrogens is 396 g/mol. The first-order valence-corrected chi connectivity index (χ1v) is 10.9. The number of rotatable bonds is 8. The fourth-order valence-electron chi connectivity index (χ4n) is 4.58. The lowest BCUT2D eigenvalue weighted by atomic mass is 9.71. The van der Waals surface area contributed by atoms with E-state index in [-0.39, 0.29) is 5.92 Å². The summed E-state index contributed by atoms with van der Waals surface area (Å²) in [5, 5.41) is 14.9. The van der Waals surface area contributed by atoms with Crippen LogP contribution >= 0.6 is 0 Å². The maximum absolute atomic E-state index is 12.7. The molecule has 1 heterocycles. The highest BCUT2D eigenvalue weighted by Gasteiger charge is 2.42. The van der Waals surface area contributed by atoms with Gasteiger partial charge in [0.1, 0.15) is 5.60 Å². The van der Waals surface area contributed by atoms with E-state index in [0.29, 0.717) is 12.3 Å². The first-order chi connectivity index (χ1) is 15.5. The van der Waals surface area contributed by atoms with Crippen molar-refractivity contribution in [2.75, 3.05) is 27.7 Å². The van der Waals surface area contributed by atoms with Crippen molar-refractivity contribution in [3.63, 3.8) is 0 Å². The Morgan fingerprint density at radius 1 is 0.906 bits per heavy atom. The van der Waals surface area contributed by atoms with E-state index >= 15 is 0 Å². The standard InChI is InChI=1S/C28H30N2O2/c1-30(2)20-18-28(31,25-17-9-14-21-11-7-8-15-23(21)25)26(22-12-5-4-6-13-22)24-16-10-19-29-27(24)32-3/h4-17,19,26,31H,18,20H2,1-3H3. The molecule has 4 rings (SSSR count). The smallest absolute Gasteiger partial charge is 0.216 e. The van der Waals surface area contributed by atoms with Crippen LogP contribution in [-0.2, 0) is 5.60 Å². The second-order valence-corrected chi connectivity index (χ2v) is 8.45. The summed E-state index contributed by atoms with van der Waals surface area (Å²) in [6.07, 6.45) is 2.27. The molecule has 0 bridgehead atoms. The predicted octanol–water partition coefficient (Wildman–Crippen LogP) is 5.21. The lowest BCUT2D eigenvalue weighted by Crippen LogP contribution is -2.38. The van der Waals surface area contributed by atoms with Crippen LogP contribution in [0, 0.1) is 0 Å². The van der Waals surface area contributed by atoms with Gasteiger partial charge >= 0.3 is 0 Å². The number of benzene rings is 3. The summed E-state index contributed by atoms with van der Waals surface area (Å²) in [5.74, 6) is 0.169. The number of nitrogens with zero attached hydrogens (tertiary/aromatic N) is 2. The quantitative estimate of drug-likeness (QED) is 0.420. The summed E-state index contributed by atoms with van der Waals surface area (Å²) in [5.41, 5.74) is 1.61. The van der Waals surface area contributed by atoms with Crippen LogP contribution in [0.3, 0.4) is 0 Å². The summed E-state index contributed by atoms with van der Waals surface area (Å²) in [6.45, 7) is 0.728. The molecule has 4 aromatic rings. The second-order valence-electron chi connectivity index (χ2n) is 8.45. The van der Waals surface area contributed by atoms with Crippen molar-refractivity contribution < 1.29 is 9.84 Å². The minimum absolute atomic E-state index is 0.363. The monoisotopic (exact) mass is 426 g/mol. The zero-order chi connectivity index (χ0) is 22.6. The Morgan fingerprint density at radius 2 is 1.62 bits per heavy atom. The fraction of sp³-hybridized carbons (Fsp3) is 0.250. The number of hydrogen-bond acceptors (Lipinski definition) is 4. The number of pyridine rings is 1. The molecule has 0 saturated heterocycles. The first-order valence-electron chi connectivity index (χ1n) is 10.9. The number of aromatic nitrogens is 1. The second kappa shape index (κ2) is 9.51. The van der Waals surface area contributed by atoms with Crippen LogP contribution < -0.4 is 4.74 Å². The summed E-state index contributed by atoms with van der Waals surface area (Å²) in [4.78, 5) is 6.57. The largest absolute Gasteiger partial charge is 0.481 e. The average Bonchev–Trinajstić information content (AvgIpc) is 2.83. The SMILES string of the molecule is COc1ncccc1C(c1ccccc1)C(O)(CCN(C)C)c1cccc2ccccc12. The molecule has 0 aliphatic heterocycles. The molecule has 2 unspecified atom stereocenters. The Kier molecular flexibility index (Phi) is 6.54. The highest BCUT2D eigenvalue weighted by Crippen LogP contribution is 2.48. The van der Waals surface area contributed by atoms with Gasteiger partial charge in [0, 0.05) is 24.2 Å². The molecule has 164 valence electrons. The highest BCUT2D eigenvalue weighted by atomic mass is 16.5. The van der Waals surface area contributed by atoms with Crippen LogP contribution in [0.5, 0.6) is 5.88 Å². The summed E-state index contributed by atoms with van der Waals surface area (Å²) in [7, 11) is 5.70. The van der Waals surface area contributed by atoms with Crippen molar-refractivity contribution in [3.05, 3.63) is 108 Å². The van der Waals surface area contributed by atoms with Crippen molar-refractivity contribution in [3.8, 4) is 5.88 Å². The van der Waals surface area contributed by atoms with Gasteiger partial charge in [-0.3, -0.25) is 0 Å². The Bertz CT molecular complexity index is 1170. The van der Waals surface area contributed by atoms with Gasteiger partial charge in [0.2, 0.25) is 5.88 Å². The molecule has 1 N–H and O–H groups in total. The van der Waals surface area contributed by atoms with Gasteiger partial charge in [0.05, 0.1) is 7.11 Å². The van der Waals surface area contributed by atoms with E-state index in [1.54, 1.807) is 13.3 Å². The molecule has 0 radical (unpaired) electrons. The molecule has 0 aliphatic rings. The lowest BCUT2D eigenvalue weighted by molar-refractivity contribution is 0.00515. The third-order valence-electron chi connectivity index (χ3n) is 6.11. The molecule has 4 heteroatoms. The minimum atomic E-state index is -1.19. The van der Waals surface area contributed by atoms with Gasteiger partial charge in [0.15, 0.2) is 0 Å². The van der Waals surface area contributed by atoms with Crippen LogP contribution in [0.25, 0.3) is 10.8 Å². The van der Waals surface area contributed by atoms with Gasteiger partial charge in [-0.25, -0.2) is 4.98 Å². The van der Waals surface area contributed by atoms with Crippen LogP contribution in [-0.4, -0.2) is 42.7 Å². The molecule has 2 atom stereocenters. The number of ether oxygens (including phenoxy) is 1. The van der Waals surface area contributed by atoms with E-state index < -0.39 is 5.60 Å². The normalized spacial score (nSPS) is 14.3. The van der Waals surface area contributed by atoms with E-state index in [4.69, 9.17) is 4.74 Å². The molecule has 0 amide bonds. The lowest BCUT2D eigenvalue weighted by Gasteiger charge is -2.39. The molecule has 0 fully saturated rings. The number of fused-ring (bicyclic) bond motifs is 1. The summed E-state index contributed by atoms with van der Waals surface area (Å²) in [6, 6.07) is 28.5. The highest BCUT2D eigenvalue weighted by molar-refractivity contribution is 5.86. The van der Waals surface area contributed by atoms with Crippen LogP contribution in [0.1, 0.15) is 29.0 Å². The Hall–Kier alpha value is -3.21. The number of hydrogen-bond donors (Lipinski definition) is 1. The fourth-order valence-corrected chi connectivity index (χ4v) is 4.58. The first kappa shape index (κ1) is 22.0. The van der Waals surface area contributed by atoms with Crippen LogP contribution in [0.4, 0.5) is 0 Å². The van der Waals surface area contributed by atoms with Gasteiger partial charge in [0.25, 0.3) is 0 Å². The topological polar surface area (TPSA) is 45.6 Å². The van der Waals surface area contributed by atoms with Gasteiger partial charge in [-0.1, -0.05) is 78.9 Å². The number of aliphatic hydroxyl groups is 1. The minimum Gasteiger partial charge on any atom is -0.481 e. The van der Waals surface area contributed by atoms with Crippen molar-refractivity contribution in [2.45, 2.75) is 17.9 Å². The predicted molar refractivity (Wildman–Crippen MR) is 130 cm³/mol. The summed E-state index contributed by atoms with van der Waals surface area (Å²) < 4.78 is 5.66. The van der Waals surface area contributed by atoms with Crippen molar-refractivity contribution in [1.29, 1.82) is 0 Å². The molecule has 0 aliphatic carbocycles. The molecule has 1 aromatic heterocycles. The molecule has 32 heavy (non-hydrogen) atoms. The third-order valence-corrected chi connectivity index (χ3v) is 6.11. The van der Waals surface area contributed by atoms with E-state index in [1.165, 1.54) is 0 Å². The molecule has 3 aromatic carbocycles. The Balaban J connectivity index is 2.02. The molecular formula is C28H30N2O2. The Labute approximate surface area is 190 Å². The van der Waals surface area contributed by atoms with Crippen LogP contribution in [0.15, 0.2) is 91.1 Å². The van der Waals surface area contributed by atoms with E-state index in [9.17, 15) is 5.11 Å².